The molecule has 0 radical (unpaired) electrons. The van der Waals surface area contributed by atoms with Crippen LogP contribution in [0.1, 0.15) is 35.9 Å². The number of rotatable bonds is 5. The molecule has 0 saturated heterocycles. The Hall–Kier alpha value is -1.82. The fourth-order valence-electron chi connectivity index (χ4n) is 1.71. The first-order valence-electron chi connectivity index (χ1n) is 6.12. The molecule has 0 aliphatic carbocycles. The van der Waals surface area contributed by atoms with Crippen molar-refractivity contribution in [1.29, 1.82) is 0 Å². The lowest BCUT2D eigenvalue weighted by atomic mass is 10.2. The monoisotopic (exact) mass is 276 g/mol. The van der Waals surface area contributed by atoms with Crippen molar-refractivity contribution in [3.63, 3.8) is 0 Å². The van der Waals surface area contributed by atoms with Crippen LogP contribution >= 0.6 is 11.3 Å². The maximum absolute atomic E-state index is 11.8. The molecule has 0 aliphatic rings. The summed E-state index contributed by atoms with van der Waals surface area (Å²) < 4.78 is 0. The molecule has 0 aromatic carbocycles. The second-order valence-corrected chi connectivity index (χ2v) is 5.18. The second kappa shape index (κ2) is 6.38. The Kier molecular flexibility index (Phi) is 4.57. The van der Waals surface area contributed by atoms with E-state index in [1.54, 1.807) is 23.7 Å². The van der Waals surface area contributed by atoms with Gasteiger partial charge in [0.15, 0.2) is 0 Å². The zero-order valence-corrected chi connectivity index (χ0v) is 11.8. The lowest BCUT2D eigenvalue weighted by molar-refractivity contribution is -0.121. The molecule has 1 atom stereocenters. The highest BCUT2D eigenvalue weighted by Crippen LogP contribution is 2.14. The molecule has 0 bridgehead atoms. The number of nitrogens with one attached hydrogen (secondary N) is 1. The quantitative estimate of drug-likeness (QED) is 0.907. The molecule has 0 spiro atoms. The molecule has 0 unspecified atom stereocenters. The van der Waals surface area contributed by atoms with Crippen molar-refractivity contribution in [2.45, 2.75) is 32.7 Å². The van der Waals surface area contributed by atoms with Crippen molar-refractivity contribution >= 4 is 17.2 Å². The minimum Gasteiger partial charge on any atom is -0.347 e. The van der Waals surface area contributed by atoms with E-state index in [0.29, 0.717) is 12.8 Å². The van der Waals surface area contributed by atoms with E-state index < -0.39 is 0 Å². The third-order valence-corrected chi connectivity index (χ3v) is 3.60. The van der Waals surface area contributed by atoms with Crippen LogP contribution in [-0.2, 0) is 11.2 Å². The zero-order valence-electron chi connectivity index (χ0n) is 11.0. The van der Waals surface area contributed by atoms with E-state index in [9.17, 15) is 4.79 Å². The third kappa shape index (κ3) is 4.10. The van der Waals surface area contributed by atoms with Gasteiger partial charge in [-0.15, -0.1) is 11.3 Å². The number of hydrogen-bond donors (Lipinski definition) is 1. The fourth-order valence-corrected chi connectivity index (χ4v) is 2.36. The lowest BCUT2D eigenvalue weighted by Crippen LogP contribution is -2.26. The van der Waals surface area contributed by atoms with E-state index in [1.165, 1.54) is 0 Å². The number of carbonyl (C=O) groups excluding carboxylic acids is 1. The Labute approximate surface area is 116 Å². The van der Waals surface area contributed by atoms with E-state index >= 15 is 0 Å². The van der Waals surface area contributed by atoms with Gasteiger partial charge >= 0.3 is 0 Å². The fraction of sp³-hybridized carbons (Fsp3) is 0.385. The first kappa shape index (κ1) is 13.6. The largest absolute Gasteiger partial charge is 0.347 e. The van der Waals surface area contributed by atoms with Gasteiger partial charge < -0.3 is 5.32 Å². The minimum absolute atomic E-state index is 0.0129. The van der Waals surface area contributed by atoms with Gasteiger partial charge in [-0.05, 0) is 26.3 Å². The van der Waals surface area contributed by atoms with Gasteiger partial charge in [0.1, 0.15) is 10.8 Å². The average molecular weight is 276 g/mol. The lowest BCUT2D eigenvalue weighted by Gasteiger charge is -2.10. The smallest absolute Gasteiger partial charge is 0.220 e. The molecular formula is C13H16N4OS. The molecular weight excluding hydrogens is 260 g/mol. The summed E-state index contributed by atoms with van der Waals surface area (Å²) in [7, 11) is 0. The molecule has 5 nitrogen and oxygen atoms in total. The summed E-state index contributed by atoms with van der Waals surface area (Å²) in [6.07, 6.45) is 4.51. The Morgan fingerprint density at radius 1 is 1.42 bits per heavy atom. The van der Waals surface area contributed by atoms with Crippen LogP contribution in [-0.4, -0.2) is 20.9 Å². The zero-order chi connectivity index (χ0) is 13.7. The molecule has 100 valence electrons. The Morgan fingerprint density at radius 2 is 2.26 bits per heavy atom. The maximum atomic E-state index is 11.8. The highest BCUT2D eigenvalue weighted by atomic mass is 32.1. The predicted molar refractivity (Wildman–Crippen MR) is 73.8 cm³/mol. The topological polar surface area (TPSA) is 67.8 Å². The number of nitrogens with zero attached hydrogens (tertiary/aromatic N) is 3. The molecule has 2 aromatic rings. The van der Waals surface area contributed by atoms with Crippen molar-refractivity contribution in [3.05, 3.63) is 40.4 Å². The molecule has 2 aromatic heterocycles. The predicted octanol–water partition coefficient (Wildman–Crippen LogP) is 2.05. The minimum atomic E-state index is -0.0420. The van der Waals surface area contributed by atoms with Crippen molar-refractivity contribution in [2.24, 2.45) is 0 Å². The second-order valence-electron chi connectivity index (χ2n) is 4.25. The highest BCUT2D eigenvalue weighted by molar-refractivity contribution is 7.09. The molecule has 0 aliphatic heterocycles. The summed E-state index contributed by atoms with van der Waals surface area (Å²) in [6, 6.07) is 1.80. The first-order valence-corrected chi connectivity index (χ1v) is 7.00. The summed E-state index contributed by atoms with van der Waals surface area (Å²) in [5.74, 6) is 0.744. The van der Waals surface area contributed by atoms with Gasteiger partial charge in [-0.2, -0.15) is 0 Å². The highest BCUT2D eigenvalue weighted by Gasteiger charge is 2.11. The summed E-state index contributed by atoms with van der Waals surface area (Å²) in [6.45, 7) is 3.78. The van der Waals surface area contributed by atoms with Gasteiger partial charge in [0, 0.05) is 29.9 Å². The number of hydrogen-bond acceptors (Lipinski definition) is 5. The van der Waals surface area contributed by atoms with Gasteiger partial charge in [-0.1, -0.05) is 0 Å². The van der Waals surface area contributed by atoms with Crippen LogP contribution in [0.15, 0.2) is 23.8 Å². The molecule has 2 rings (SSSR count). The van der Waals surface area contributed by atoms with E-state index in [-0.39, 0.29) is 11.9 Å². The summed E-state index contributed by atoms with van der Waals surface area (Å²) in [5.41, 5.74) is 0.893. The average Bonchev–Trinajstić information content (AvgIpc) is 2.90. The Balaban J connectivity index is 1.82. The number of thiazole rings is 1. The van der Waals surface area contributed by atoms with Gasteiger partial charge in [0.2, 0.25) is 5.91 Å². The third-order valence-electron chi connectivity index (χ3n) is 2.64. The van der Waals surface area contributed by atoms with Gasteiger partial charge in [0.05, 0.1) is 6.04 Å². The first-order chi connectivity index (χ1) is 9.15. The van der Waals surface area contributed by atoms with Crippen molar-refractivity contribution in [1.82, 2.24) is 20.3 Å². The van der Waals surface area contributed by atoms with Gasteiger partial charge in [-0.25, -0.2) is 15.0 Å². The van der Waals surface area contributed by atoms with E-state index in [1.807, 2.05) is 25.3 Å². The number of carbonyl (C=O) groups is 1. The van der Waals surface area contributed by atoms with Gasteiger partial charge in [0.25, 0.3) is 0 Å². The van der Waals surface area contributed by atoms with E-state index in [2.05, 4.69) is 20.3 Å². The Morgan fingerprint density at radius 3 is 2.95 bits per heavy atom. The standard InChI is InChI=1S/C13H16N4OS/c1-9(13-15-7-8-19-13)16-12(18)4-3-11-5-6-14-10(2)17-11/h5-9H,3-4H2,1-2H3,(H,16,18)/t9-/m0/s1. The van der Waals surface area contributed by atoms with Crippen LogP contribution in [0.2, 0.25) is 0 Å². The van der Waals surface area contributed by atoms with Crippen molar-refractivity contribution in [3.8, 4) is 0 Å². The maximum Gasteiger partial charge on any atom is 0.220 e. The van der Waals surface area contributed by atoms with E-state index in [4.69, 9.17) is 0 Å². The molecule has 1 amide bonds. The molecule has 1 N–H and O–H groups in total. The molecule has 19 heavy (non-hydrogen) atoms. The molecule has 2 heterocycles. The number of aromatic nitrogens is 3. The Bertz CT molecular complexity index is 541. The van der Waals surface area contributed by atoms with Crippen LogP contribution in [0.25, 0.3) is 0 Å². The number of aryl methyl sites for hydroxylation is 2. The van der Waals surface area contributed by atoms with E-state index in [0.717, 1.165) is 16.5 Å². The van der Waals surface area contributed by atoms with Crippen LogP contribution in [0, 0.1) is 6.92 Å². The summed E-state index contributed by atoms with van der Waals surface area (Å²) >= 11 is 1.54. The summed E-state index contributed by atoms with van der Waals surface area (Å²) in [5, 5.41) is 5.76. The SMILES string of the molecule is Cc1nccc(CCC(=O)N[C@@H](C)c2nccs2)n1. The number of amides is 1. The van der Waals surface area contributed by atoms with Crippen LogP contribution in [0.3, 0.4) is 0 Å². The normalized spacial score (nSPS) is 12.1. The van der Waals surface area contributed by atoms with Gasteiger partial charge in [-0.3, -0.25) is 4.79 Å². The molecule has 0 saturated carbocycles. The van der Waals surface area contributed by atoms with Crippen molar-refractivity contribution in [2.75, 3.05) is 0 Å². The summed E-state index contributed by atoms with van der Waals surface area (Å²) in [4.78, 5) is 24.3. The molecule has 0 fully saturated rings. The van der Waals surface area contributed by atoms with Crippen LogP contribution < -0.4 is 5.32 Å². The van der Waals surface area contributed by atoms with Crippen molar-refractivity contribution < 1.29 is 4.79 Å². The van der Waals surface area contributed by atoms with Crippen LogP contribution in [0.4, 0.5) is 0 Å². The van der Waals surface area contributed by atoms with Crippen LogP contribution in [0.5, 0.6) is 0 Å². The molecule has 6 heteroatoms.